The maximum absolute atomic E-state index is 13.9. The molecule has 0 aliphatic carbocycles. The Labute approximate surface area is 201 Å². The van der Waals surface area contributed by atoms with Gasteiger partial charge in [-0.2, -0.15) is 74.6 Å². The molecule has 2 unspecified atom stereocenters. The lowest BCUT2D eigenvalue weighted by molar-refractivity contribution is -0.462. The van der Waals surface area contributed by atoms with Crippen molar-refractivity contribution < 1.29 is 94.0 Å². The van der Waals surface area contributed by atoms with Gasteiger partial charge in [0.15, 0.2) is 5.79 Å². The number of ether oxygens (including phenoxy) is 3. The Balaban J connectivity index is 3.25. The van der Waals surface area contributed by atoms with Crippen LogP contribution in [-0.2, 0) is 14.2 Å². The molecule has 21 heteroatoms. The second-order valence-corrected chi connectivity index (χ2v) is 8.40. The van der Waals surface area contributed by atoms with Crippen LogP contribution in [-0.4, -0.2) is 90.6 Å². The summed E-state index contributed by atoms with van der Waals surface area (Å²) in [7, 11) is 0. The first-order valence-electron chi connectivity index (χ1n) is 9.73. The van der Waals surface area contributed by atoms with Gasteiger partial charge in [-0.1, -0.05) is 0 Å². The molecule has 4 nitrogen and oxygen atoms in total. The molecule has 1 heterocycles. The number of rotatable bonds is 10. The van der Waals surface area contributed by atoms with Gasteiger partial charge in [0.25, 0.3) is 0 Å². The number of hydrogen-bond acceptors (Lipinski definition) is 4. The van der Waals surface area contributed by atoms with E-state index < -0.39 is 91.9 Å². The summed E-state index contributed by atoms with van der Waals surface area (Å²) in [5, 5.41) is 9.71. The molecule has 0 bridgehead atoms. The van der Waals surface area contributed by atoms with E-state index in [0.29, 0.717) is 0 Å². The van der Waals surface area contributed by atoms with Crippen LogP contribution in [0.1, 0.15) is 20.3 Å². The molecular formula is C17H17F17O4. The quantitative estimate of drug-likeness (QED) is 0.314. The van der Waals surface area contributed by atoms with Gasteiger partial charge in [0.1, 0.15) is 12.2 Å². The Bertz CT molecular complexity index is 824. The highest BCUT2D eigenvalue weighted by atomic mass is 19.4. The van der Waals surface area contributed by atoms with Crippen LogP contribution in [0.2, 0.25) is 0 Å². The Kier molecular flexibility index (Phi) is 9.06. The van der Waals surface area contributed by atoms with E-state index in [1.807, 2.05) is 0 Å². The molecule has 1 aliphatic rings. The van der Waals surface area contributed by atoms with Crippen LogP contribution in [0.25, 0.3) is 0 Å². The molecule has 228 valence electrons. The molecule has 0 aromatic heterocycles. The van der Waals surface area contributed by atoms with Crippen LogP contribution < -0.4 is 0 Å². The van der Waals surface area contributed by atoms with Crippen LogP contribution in [0.3, 0.4) is 0 Å². The summed E-state index contributed by atoms with van der Waals surface area (Å²) in [6.07, 6.45) is -14.0. The van der Waals surface area contributed by atoms with E-state index in [1.54, 1.807) is 0 Å². The fraction of sp³-hybridized carbons (Fsp3) is 1.00. The van der Waals surface area contributed by atoms with Crippen molar-refractivity contribution in [2.45, 2.75) is 85.9 Å². The van der Waals surface area contributed by atoms with Crippen LogP contribution in [0, 0.1) is 0 Å². The topological polar surface area (TPSA) is 47.9 Å². The molecule has 38 heavy (non-hydrogen) atoms. The monoisotopic (exact) mass is 608 g/mol. The number of alkyl halides is 17. The molecule has 2 atom stereocenters. The fourth-order valence-corrected chi connectivity index (χ4v) is 2.68. The smallest absolute Gasteiger partial charge is 0.388 e. The van der Waals surface area contributed by atoms with Crippen molar-refractivity contribution in [3.8, 4) is 0 Å². The van der Waals surface area contributed by atoms with E-state index in [0.717, 1.165) is 0 Å². The highest BCUT2D eigenvalue weighted by molar-refractivity contribution is 5.15. The first kappa shape index (κ1) is 34.7. The van der Waals surface area contributed by atoms with Crippen molar-refractivity contribution in [2.75, 3.05) is 19.8 Å². The standard InChI is InChI=1S/C17H17F17O4/c1-9(2)37-5-7(35)8(6-38-9)36-4-3-10(18,19)11(20,21)12(22,23)13(24,25)14(26,27)15(28,29)16(30,31)17(32,33)34/h7-8,35H,3-6H2,1-2H3. The third kappa shape index (κ3) is 5.48. The average Bonchev–Trinajstić information content (AvgIpc) is 2.84. The lowest BCUT2D eigenvalue weighted by atomic mass is 9.88. The van der Waals surface area contributed by atoms with Gasteiger partial charge in [-0.3, -0.25) is 0 Å². The van der Waals surface area contributed by atoms with Crippen molar-refractivity contribution in [3.63, 3.8) is 0 Å². The molecule has 0 radical (unpaired) electrons. The van der Waals surface area contributed by atoms with Gasteiger partial charge in [0.05, 0.1) is 19.8 Å². The molecule has 0 aromatic rings. The summed E-state index contributed by atoms with van der Waals surface area (Å²) in [4.78, 5) is 0. The number of aliphatic hydroxyl groups excluding tert-OH is 1. The zero-order valence-electron chi connectivity index (χ0n) is 18.6. The van der Waals surface area contributed by atoms with E-state index >= 15 is 0 Å². The third-order valence-electron chi connectivity index (χ3n) is 5.16. The molecule has 0 spiro atoms. The second kappa shape index (κ2) is 9.93. The first-order valence-corrected chi connectivity index (χ1v) is 9.73. The summed E-state index contributed by atoms with van der Waals surface area (Å²) < 4.78 is 239. The molecular weight excluding hydrogens is 591 g/mol. The Morgan fingerprint density at radius 2 is 1.00 bits per heavy atom. The van der Waals surface area contributed by atoms with Gasteiger partial charge in [0.2, 0.25) is 0 Å². The molecule has 1 N–H and O–H groups in total. The molecule has 0 aromatic carbocycles. The average molecular weight is 608 g/mol. The van der Waals surface area contributed by atoms with Gasteiger partial charge in [-0.25, -0.2) is 0 Å². The lowest BCUT2D eigenvalue weighted by Gasteiger charge is -2.42. The van der Waals surface area contributed by atoms with Crippen LogP contribution in [0.15, 0.2) is 0 Å². The number of halogens is 17. The van der Waals surface area contributed by atoms with Gasteiger partial charge in [-0.15, -0.1) is 0 Å². The van der Waals surface area contributed by atoms with E-state index in [4.69, 9.17) is 9.47 Å². The van der Waals surface area contributed by atoms with Crippen molar-refractivity contribution in [1.82, 2.24) is 0 Å². The molecule has 1 fully saturated rings. The highest BCUT2D eigenvalue weighted by Crippen LogP contribution is 2.64. The van der Waals surface area contributed by atoms with Crippen molar-refractivity contribution >= 4 is 0 Å². The van der Waals surface area contributed by atoms with Crippen LogP contribution in [0.4, 0.5) is 74.6 Å². The molecule has 0 saturated carbocycles. The van der Waals surface area contributed by atoms with Gasteiger partial charge < -0.3 is 19.3 Å². The Hall–Kier alpha value is -1.35. The minimum absolute atomic E-state index is 0.625. The SMILES string of the molecule is CC1(C)OCC(O)C(OCCC(F)(F)C(F)(F)C(F)(F)C(F)(F)C(F)(F)C(F)(F)C(F)(F)C(F)(F)F)CO1. The van der Waals surface area contributed by atoms with Gasteiger partial charge in [-0.05, 0) is 13.8 Å². The van der Waals surface area contributed by atoms with E-state index in [1.165, 1.54) is 13.8 Å². The molecule has 1 saturated heterocycles. The number of hydrogen-bond donors (Lipinski definition) is 1. The maximum Gasteiger partial charge on any atom is 0.460 e. The van der Waals surface area contributed by atoms with E-state index in [2.05, 4.69) is 4.74 Å². The van der Waals surface area contributed by atoms with E-state index in [-0.39, 0.29) is 0 Å². The summed E-state index contributed by atoms with van der Waals surface area (Å²) in [6.45, 7) is -0.611. The summed E-state index contributed by atoms with van der Waals surface area (Å²) in [6, 6.07) is 0. The third-order valence-corrected chi connectivity index (χ3v) is 5.16. The second-order valence-electron chi connectivity index (χ2n) is 8.40. The number of aliphatic hydroxyl groups is 1. The predicted octanol–water partition coefficient (Wildman–Crippen LogP) is 5.91. The molecule has 0 amide bonds. The minimum Gasteiger partial charge on any atom is -0.388 e. The summed E-state index contributed by atoms with van der Waals surface area (Å²) in [5.74, 6) is -58.2. The minimum atomic E-state index is -8.67. The summed E-state index contributed by atoms with van der Waals surface area (Å²) in [5.41, 5.74) is 0. The lowest BCUT2D eigenvalue weighted by Crippen LogP contribution is -2.74. The first-order chi connectivity index (χ1) is 16.4. The Morgan fingerprint density at radius 3 is 1.42 bits per heavy atom. The molecule has 1 rings (SSSR count). The predicted molar refractivity (Wildman–Crippen MR) is 87.0 cm³/mol. The largest absolute Gasteiger partial charge is 0.460 e. The zero-order chi connectivity index (χ0) is 30.6. The van der Waals surface area contributed by atoms with Crippen molar-refractivity contribution in [1.29, 1.82) is 0 Å². The van der Waals surface area contributed by atoms with Crippen LogP contribution in [0.5, 0.6) is 0 Å². The van der Waals surface area contributed by atoms with Crippen molar-refractivity contribution in [2.24, 2.45) is 0 Å². The zero-order valence-corrected chi connectivity index (χ0v) is 18.6. The van der Waals surface area contributed by atoms with Gasteiger partial charge >= 0.3 is 47.6 Å². The van der Waals surface area contributed by atoms with Gasteiger partial charge in [0, 0.05) is 6.42 Å². The fourth-order valence-electron chi connectivity index (χ4n) is 2.68. The maximum atomic E-state index is 13.9. The van der Waals surface area contributed by atoms with Crippen molar-refractivity contribution in [3.05, 3.63) is 0 Å². The summed E-state index contributed by atoms with van der Waals surface area (Å²) >= 11 is 0. The highest BCUT2D eigenvalue weighted by Gasteiger charge is 2.95. The van der Waals surface area contributed by atoms with Crippen LogP contribution >= 0.6 is 0 Å². The normalized spacial score (nSPS) is 23.4. The van der Waals surface area contributed by atoms with E-state index in [9.17, 15) is 79.7 Å². The Morgan fingerprint density at radius 1 is 0.632 bits per heavy atom. The molecule has 1 aliphatic heterocycles.